The molecule has 3 atom stereocenters. The molecule has 6 nitrogen and oxygen atoms in total. The van der Waals surface area contributed by atoms with Crippen molar-refractivity contribution >= 4 is 46.7 Å². The molecule has 2 aromatic carbocycles. The van der Waals surface area contributed by atoms with Crippen molar-refractivity contribution in [3.05, 3.63) is 80.8 Å². The first-order valence-corrected chi connectivity index (χ1v) is 12.0. The van der Waals surface area contributed by atoms with Crippen molar-refractivity contribution < 1.29 is 14.3 Å². The number of imide groups is 1. The van der Waals surface area contributed by atoms with Crippen molar-refractivity contribution in [3.63, 3.8) is 0 Å². The topological polar surface area (TPSA) is 79.5 Å². The molecule has 2 aliphatic heterocycles. The molecule has 32 heavy (non-hydrogen) atoms. The molecule has 5 rings (SSSR count). The zero-order valence-electron chi connectivity index (χ0n) is 17.2. The maximum Gasteiger partial charge on any atom is 0.305 e. The van der Waals surface area contributed by atoms with E-state index in [1.807, 2.05) is 49.4 Å². The summed E-state index contributed by atoms with van der Waals surface area (Å²) in [7, 11) is 0. The standard InChI is InChI=1S/C24H20N2O4S2/c1-2-30-16-11-9-15(10-12-16)26-22(27)18-17(13-8-14-6-4-3-5-7-14)19-21(25-24(29)32-19)31-20(18)23(26)28/h3-13,17-18,20H,2H2,1H3,(H,25,29)/b13-8+/t17-,18+,20-/m1/s1. The summed E-state index contributed by atoms with van der Waals surface area (Å²) in [5.41, 5.74) is 1.52. The Morgan fingerprint density at radius 3 is 2.50 bits per heavy atom. The Morgan fingerprint density at radius 2 is 1.78 bits per heavy atom. The molecule has 1 saturated heterocycles. The number of allylic oxidation sites excluding steroid dienone is 1. The third-order valence-corrected chi connectivity index (χ3v) is 7.99. The molecule has 0 aliphatic carbocycles. The molecule has 0 bridgehead atoms. The van der Waals surface area contributed by atoms with Crippen molar-refractivity contribution in [2.24, 2.45) is 5.92 Å². The molecule has 0 saturated carbocycles. The lowest BCUT2D eigenvalue weighted by molar-refractivity contribution is -0.122. The van der Waals surface area contributed by atoms with E-state index >= 15 is 0 Å². The Balaban J connectivity index is 1.52. The fourth-order valence-corrected chi connectivity index (χ4v) is 6.64. The van der Waals surface area contributed by atoms with Gasteiger partial charge < -0.3 is 9.72 Å². The summed E-state index contributed by atoms with van der Waals surface area (Å²) in [5.74, 6) is -0.746. The van der Waals surface area contributed by atoms with Crippen molar-refractivity contribution in [2.75, 3.05) is 11.5 Å². The van der Waals surface area contributed by atoms with Gasteiger partial charge in [0.05, 0.1) is 23.2 Å². The summed E-state index contributed by atoms with van der Waals surface area (Å²) in [6.45, 7) is 2.44. The first-order valence-electron chi connectivity index (χ1n) is 10.3. The number of thioether (sulfide) groups is 1. The lowest BCUT2D eigenvalue weighted by Gasteiger charge is -2.27. The minimum absolute atomic E-state index is 0.177. The van der Waals surface area contributed by atoms with E-state index in [2.05, 4.69) is 4.98 Å². The summed E-state index contributed by atoms with van der Waals surface area (Å²) in [4.78, 5) is 43.7. The van der Waals surface area contributed by atoms with Crippen LogP contribution in [0.5, 0.6) is 5.75 Å². The molecule has 1 aromatic heterocycles. The first kappa shape index (κ1) is 20.8. The van der Waals surface area contributed by atoms with Gasteiger partial charge in [0, 0.05) is 10.8 Å². The maximum atomic E-state index is 13.5. The number of fused-ring (bicyclic) bond motifs is 2. The zero-order valence-corrected chi connectivity index (χ0v) is 18.8. The van der Waals surface area contributed by atoms with Gasteiger partial charge >= 0.3 is 4.87 Å². The summed E-state index contributed by atoms with van der Waals surface area (Å²) >= 11 is 2.39. The maximum absolute atomic E-state index is 13.5. The molecule has 0 spiro atoms. The van der Waals surface area contributed by atoms with Gasteiger partial charge in [0.1, 0.15) is 11.0 Å². The van der Waals surface area contributed by atoms with Crippen LogP contribution in [0.25, 0.3) is 6.08 Å². The number of carbonyl (C=O) groups is 2. The molecular weight excluding hydrogens is 444 g/mol. The van der Waals surface area contributed by atoms with Crippen molar-refractivity contribution in [3.8, 4) is 5.75 Å². The van der Waals surface area contributed by atoms with Crippen LogP contribution in [0.1, 0.15) is 23.3 Å². The van der Waals surface area contributed by atoms with Crippen molar-refractivity contribution in [1.29, 1.82) is 0 Å². The molecule has 2 amide bonds. The number of nitrogens with one attached hydrogen (secondary N) is 1. The van der Waals surface area contributed by atoms with E-state index in [1.54, 1.807) is 24.3 Å². The highest BCUT2D eigenvalue weighted by Gasteiger charge is 2.55. The Hall–Kier alpha value is -3.10. The molecule has 1 fully saturated rings. The van der Waals surface area contributed by atoms with Crippen LogP contribution in [0, 0.1) is 5.92 Å². The van der Waals surface area contributed by atoms with Crippen molar-refractivity contribution in [1.82, 2.24) is 4.98 Å². The van der Waals surface area contributed by atoms with Gasteiger partial charge in [0.25, 0.3) is 0 Å². The van der Waals surface area contributed by atoms with Gasteiger partial charge in [0.2, 0.25) is 11.8 Å². The van der Waals surface area contributed by atoms with E-state index in [1.165, 1.54) is 16.7 Å². The number of amides is 2. The van der Waals surface area contributed by atoms with Gasteiger partial charge in [-0.3, -0.25) is 14.4 Å². The second kappa shape index (κ2) is 8.44. The van der Waals surface area contributed by atoms with Crippen LogP contribution in [-0.2, 0) is 9.59 Å². The molecule has 3 heterocycles. The van der Waals surface area contributed by atoms with Crippen LogP contribution in [0.3, 0.4) is 0 Å². The molecular formula is C24H20N2O4S2. The van der Waals surface area contributed by atoms with Crippen LogP contribution < -0.4 is 14.5 Å². The number of aromatic nitrogens is 1. The van der Waals surface area contributed by atoms with E-state index in [0.717, 1.165) is 21.8 Å². The van der Waals surface area contributed by atoms with E-state index in [-0.39, 0.29) is 22.6 Å². The van der Waals surface area contributed by atoms with E-state index in [0.29, 0.717) is 23.1 Å². The number of nitrogens with zero attached hydrogens (tertiary/aromatic N) is 1. The van der Waals surface area contributed by atoms with Crippen LogP contribution >= 0.6 is 23.1 Å². The quantitative estimate of drug-likeness (QED) is 0.570. The third kappa shape index (κ3) is 3.59. The fourth-order valence-electron chi connectivity index (χ4n) is 4.16. The van der Waals surface area contributed by atoms with Crippen molar-refractivity contribution in [2.45, 2.75) is 23.1 Å². The average molecular weight is 465 g/mol. The molecule has 3 aromatic rings. The zero-order chi connectivity index (χ0) is 22.2. The molecule has 2 aliphatic rings. The van der Waals surface area contributed by atoms with Crippen LogP contribution in [0.4, 0.5) is 5.69 Å². The summed E-state index contributed by atoms with van der Waals surface area (Å²) in [6, 6.07) is 16.7. The van der Waals surface area contributed by atoms with Gasteiger partial charge in [-0.2, -0.15) is 0 Å². The Morgan fingerprint density at radius 1 is 1.03 bits per heavy atom. The van der Waals surface area contributed by atoms with E-state index < -0.39 is 11.2 Å². The van der Waals surface area contributed by atoms with E-state index in [9.17, 15) is 14.4 Å². The molecule has 1 N–H and O–H groups in total. The predicted octanol–water partition coefficient (Wildman–Crippen LogP) is 4.30. The number of rotatable bonds is 5. The number of anilines is 1. The summed E-state index contributed by atoms with van der Waals surface area (Å²) in [5, 5.41) is 0.0934. The Bertz CT molecular complexity index is 1250. The lowest BCUT2D eigenvalue weighted by Crippen LogP contribution is -2.31. The monoisotopic (exact) mass is 464 g/mol. The second-order valence-corrected chi connectivity index (χ2v) is 9.67. The van der Waals surface area contributed by atoms with Gasteiger partial charge in [-0.1, -0.05) is 65.6 Å². The van der Waals surface area contributed by atoms with Crippen LogP contribution in [0.2, 0.25) is 0 Å². The Kier molecular flexibility index (Phi) is 5.48. The predicted molar refractivity (Wildman–Crippen MR) is 126 cm³/mol. The highest BCUT2D eigenvalue weighted by atomic mass is 32.2. The number of ether oxygens (including phenoxy) is 1. The number of hydrogen-bond acceptors (Lipinski definition) is 6. The molecule has 162 valence electrons. The normalized spacial score (nSPS) is 22.3. The fraction of sp³-hybridized carbons (Fsp3) is 0.208. The smallest absolute Gasteiger partial charge is 0.305 e. The summed E-state index contributed by atoms with van der Waals surface area (Å²) in [6.07, 6.45) is 3.89. The van der Waals surface area contributed by atoms with Crippen LogP contribution in [-0.4, -0.2) is 28.7 Å². The minimum Gasteiger partial charge on any atom is -0.494 e. The highest BCUT2D eigenvalue weighted by molar-refractivity contribution is 8.00. The van der Waals surface area contributed by atoms with Crippen LogP contribution in [0.15, 0.2) is 70.5 Å². The number of carbonyl (C=O) groups excluding carboxylic acids is 2. The minimum atomic E-state index is -0.586. The lowest BCUT2D eigenvalue weighted by atomic mass is 9.88. The second-order valence-electron chi connectivity index (χ2n) is 7.51. The highest BCUT2D eigenvalue weighted by Crippen LogP contribution is 2.51. The molecule has 0 unspecified atom stereocenters. The average Bonchev–Trinajstić information content (AvgIpc) is 3.29. The van der Waals surface area contributed by atoms with E-state index in [4.69, 9.17) is 4.74 Å². The molecule has 0 radical (unpaired) electrons. The largest absolute Gasteiger partial charge is 0.494 e. The summed E-state index contributed by atoms with van der Waals surface area (Å²) < 4.78 is 5.47. The van der Waals surface area contributed by atoms with Gasteiger partial charge in [-0.25, -0.2) is 4.90 Å². The molecule has 8 heteroatoms. The van der Waals surface area contributed by atoms with Gasteiger partial charge in [-0.15, -0.1) is 0 Å². The number of H-pyrrole nitrogens is 1. The number of benzene rings is 2. The first-order chi connectivity index (χ1) is 15.6. The SMILES string of the molecule is CCOc1ccc(N2C(=O)[C@@H]3[C@@H](Sc4[nH]c(=O)sc4[C@@H]3/C=C/c3ccccc3)C2=O)cc1. The number of aromatic amines is 1. The Labute approximate surface area is 192 Å². The third-order valence-electron chi connectivity index (χ3n) is 5.57. The van der Waals surface area contributed by atoms with Gasteiger partial charge in [0.15, 0.2) is 0 Å². The number of thiazole rings is 1. The van der Waals surface area contributed by atoms with Gasteiger partial charge in [-0.05, 0) is 36.8 Å². The number of hydrogen-bond donors (Lipinski definition) is 1.